The third-order valence-electron chi connectivity index (χ3n) is 26.9. The molecule has 15 aromatic carbocycles. The van der Waals surface area contributed by atoms with Gasteiger partial charge in [0.15, 0.2) is 17.5 Å². The van der Waals surface area contributed by atoms with Gasteiger partial charge in [0.2, 0.25) is 0 Å². The topological polar surface area (TPSA) is 130 Å². The molecule has 127 heavy (non-hydrogen) atoms. The molecule has 600 valence electrons. The zero-order valence-electron chi connectivity index (χ0n) is 69.8. The molecule has 0 unspecified atom stereocenters. The van der Waals surface area contributed by atoms with Crippen molar-refractivity contribution in [2.24, 2.45) is 0 Å². The lowest BCUT2D eigenvalue weighted by Crippen LogP contribution is -2.15. The maximum absolute atomic E-state index is 6.65. The van der Waals surface area contributed by atoms with Crippen molar-refractivity contribution in [1.82, 2.24) is 34.9 Å². The molecule has 0 fully saturated rings. The van der Waals surface area contributed by atoms with Gasteiger partial charge in [-0.05, 0) is 187 Å². The van der Waals surface area contributed by atoms with Crippen molar-refractivity contribution in [2.75, 3.05) is 0 Å². The van der Waals surface area contributed by atoms with Crippen molar-refractivity contribution in [2.45, 2.75) is 57.8 Å². The summed E-state index contributed by atoms with van der Waals surface area (Å²) in [6.45, 7) is 13.9. The molecule has 10 heterocycles. The molecule has 0 saturated carbocycles. The van der Waals surface area contributed by atoms with Crippen LogP contribution in [0.4, 0.5) is 0 Å². The van der Waals surface area contributed by atoms with Crippen molar-refractivity contribution in [3.63, 3.8) is 0 Å². The summed E-state index contributed by atoms with van der Waals surface area (Å²) in [7, 11) is 0. The first kappa shape index (κ1) is 73.5. The second-order valence-electron chi connectivity index (χ2n) is 35.3. The Hall–Kier alpha value is -15.0. The Kier molecular flexibility index (Phi) is 15.9. The highest BCUT2D eigenvalue weighted by atomic mass is 32.1. The average molecular weight is 1690 g/mol. The Morgan fingerprint density at radius 2 is 0.756 bits per heavy atom. The van der Waals surface area contributed by atoms with Crippen LogP contribution >= 0.6 is 34.0 Å². The van der Waals surface area contributed by atoms with E-state index in [-0.39, 0.29) is 16.2 Å². The highest BCUT2D eigenvalue weighted by molar-refractivity contribution is 7.26. The Bertz CT molecular complexity index is 9030. The summed E-state index contributed by atoms with van der Waals surface area (Å²) in [4.78, 5) is 38.8. The number of pyridine rings is 1. The SMILES string of the molecule is CC1(C)c2cc(-c3cccc(-c4cccc5ccccc45)n3)ccc2-c2cc3oc4ccccc4c3cc21.CC1(C)c2ccccc2-c2ccc3c(oc4ccc(-c5nc(-c6cc7ccccc7s6)c6c(n5)sc5ccccc56)cc43)c21.CC1(C)c2ccccc2-c2ccc3c(oc4ccc(-c5nc(-c6ncc7ccccc7n6)c6c(n5)sc5ccccc56)cc43)c21. The fraction of sp³-hybridized carbons (Fsp3) is 0.0789. The molecule has 10 aromatic heterocycles. The first-order valence-electron chi connectivity index (χ1n) is 43.0. The van der Waals surface area contributed by atoms with Gasteiger partial charge >= 0.3 is 0 Å². The Balaban J connectivity index is 0.000000101. The number of rotatable bonds is 6. The van der Waals surface area contributed by atoms with Gasteiger partial charge in [-0.2, -0.15) is 0 Å². The lowest BCUT2D eigenvalue weighted by Gasteiger charge is -2.22. The largest absolute Gasteiger partial charge is 0.456 e. The monoisotopic (exact) mass is 1680 g/mol. The van der Waals surface area contributed by atoms with Gasteiger partial charge in [0.05, 0.1) is 27.5 Å². The van der Waals surface area contributed by atoms with Crippen LogP contribution in [-0.2, 0) is 16.2 Å². The molecule has 0 N–H and O–H groups in total. The maximum atomic E-state index is 6.65. The van der Waals surface area contributed by atoms with E-state index in [1.165, 1.54) is 108 Å². The van der Waals surface area contributed by atoms with Crippen LogP contribution in [0.5, 0.6) is 0 Å². The van der Waals surface area contributed by atoms with Crippen LogP contribution in [0.15, 0.2) is 347 Å². The van der Waals surface area contributed by atoms with E-state index in [9.17, 15) is 0 Å². The van der Waals surface area contributed by atoms with Gasteiger partial charge in [-0.1, -0.05) is 254 Å². The van der Waals surface area contributed by atoms with E-state index in [2.05, 4.69) is 333 Å². The quantitative estimate of drug-likeness (QED) is 0.159. The zero-order chi connectivity index (χ0) is 84.5. The molecule has 0 aliphatic heterocycles. The number of hydrogen-bond acceptors (Lipinski definition) is 13. The lowest BCUT2D eigenvalue weighted by molar-refractivity contribution is 0.619. The van der Waals surface area contributed by atoms with Gasteiger partial charge in [0.25, 0.3) is 0 Å². The van der Waals surface area contributed by atoms with Gasteiger partial charge in [0, 0.05) is 129 Å². The number of thiophene rings is 3. The summed E-state index contributed by atoms with van der Waals surface area (Å²) in [6, 6.07) is 116. The molecule has 0 saturated heterocycles. The fourth-order valence-corrected chi connectivity index (χ4v) is 24.0. The molecule has 25 aromatic rings. The number of nitrogens with zero attached hydrogens (tertiary/aromatic N) is 7. The van der Waals surface area contributed by atoms with E-state index >= 15 is 0 Å². The highest BCUT2D eigenvalue weighted by Gasteiger charge is 2.41. The normalized spacial score (nSPS) is 13.8. The van der Waals surface area contributed by atoms with Crippen molar-refractivity contribution in [3.05, 3.63) is 367 Å². The third kappa shape index (κ3) is 11.2. The Morgan fingerprint density at radius 1 is 0.260 bits per heavy atom. The van der Waals surface area contributed by atoms with Crippen LogP contribution < -0.4 is 0 Å². The van der Waals surface area contributed by atoms with Crippen LogP contribution in [0, 0.1) is 0 Å². The molecule has 28 rings (SSSR count). The molecule has 3 aliphatic carbocycles. The number of hydrogen-bond donors (Lipinski definition) is 0. The Morgan fingerprint density at radius 3 is 1.43 bits per heavy atom. The predicted octanol–water partition coefficient (Wildman–Crippen LogP) is 31.7. The van der Waals surface area contributed by atoms with Gasteiger partial charge in [-0.25, -0.2) is 34.9 Å². The molecule has 0 amide bonds. The maximum Gasteiger partial charge on any atom is 0.179 e. The minimum absolute atomic E-state index is 0.125. The average Bonchev–Trinajstić information content (AvgIpc) is 1.56. The first-order chi connectivity index (χ1) is 62.2. The van der Waals surface area contributed by atoms with E-state index in [1.54, 1.807) is 34.0 Å². The van der Waals surface area contributed by atoms with Crippen molar-refractivity contribution in [3.8, 4) is 101 Å². The van der Waals surface area contributed by atoms with Gasteiger partial charge in [0.1, 0.15) is 48.9 Å². The Labute approximate surface area is 740 Å². The van der Waals surface area contributed by atoms with Gasteiger partial charge < -0.3 is 13.3 Å². The summed E-state index contributed by atoms with van der Waals surface area (Å²) < 4.78 is 23.2. The second-order valence-corrected chi connectivity index (χ2v) is 38.4. The smallest absolute Gasteiger partial charge is 0.179 e. The van der Waals surface area contributed by atoms with E-state index in [4.69, 9.17) is 48.1 Å². The predicted molar refractivity (Wildman–Crippen MR) is 527 cm³/mol. The molecular weight excluding hydrogens is 1610 g/mol. The zero-order valence-corrected chi connectivity index (χ0v) is 72.3. The van der Waals surface area contributed by atoms with Crippen LogP contribution in [0.25, 0.3) is 239 Å². The summed E-state index contributed by atoms with van der Waals surface area (Å²) >= 11 is 5.20. The summed E-state index contributed by atoms with van der Waals surface area (Å²) in [5, 5.41) is 15.9. The van der Waals surface area contributed by atoms with Crippen LogP contribution in [0.1, 0.15) is 74.9 Å². The van der Waals surface area contributed by atoms with Crippen molar-refractivity contribution < 1.29 is 13.3 Å². The molecular formula is C114H73N7O3S3. The number of para-hydroxylation sites is 2. The lowest BCUT2D eigenvalue weighted by atomic mass is 9.81. The summed E-state index contributed by atoms with van der Waals surface area (Å²) in [6.07, 6.45) is 1.88. The van der Waals surface area contributed by atoms with Crippen molar-refractivity contribution in [1.29, 1.82) is 0 Å². The van der Waals surface area contributed by atoms with Gasteiger partial charge in [-0.15, -0.1) is 34.0 Å². The molecule has 0 spiro atoms. The minimum Gasteiger partial charge on any atom is -0.456 e. The molecule has 10 nitrogen and oxygen atoms in total. The number of furan rings is 3. The number of fused-ring (bicyclic) bond motifs is 29. The molecule has 0 radical (unpaired) electrons. The van der Waals surface area contributed by atoms with Crippen LogP contribution in [0.3, 0.4) is 0 Å². The molecule has 13 heteroatoms. The number of aromatic nitrogens is 7. The van der Waals surface area contributed by atoms with E-state index in [0.29, 0.717) is 11.6 Å². The molecule has 0 atom stereocenters. The summed E-state index contributed by atoms with van der Waals surface area (Å²) in [5.41, 5.74) is 29.5. The second kappa shape index (κ2) is 27.5. The van der Waals surface area contributed by atoms with Crippen molar-refractivity contribution >= 4 is 172 Å². The third-order valence-corrected chi connectivity index (χ3v) is 30.2. The molecule has 3 aliphatic rings. The summed E-state index contributed by atoms with van der Waals surface area (Å²) in [5.74, 6) is 1.98. The van der Waals surface area contributed by atoms with E-state index < -0.39 is 0 Å². The first-order valence-corrected chi connectivity index (χ1v) is 45.5. The fourth-order valence-electron chi connectivity index (χ4n) is 20.8. The molecule has 0 bridgehead atoms. The van der Waals surface area contributed by atoms with Crippen LogP contribution in [0.2, 0.25) is 0 Å². The number of benzene rings is 15. The standard InChI is InChI=1S/C39H24N4OS.C39H24N2OS2.C36H25NO/c1-39(2)28-12-6-4-10-23(28)24-16-17-25-27-19-21(15-18-30(27)44-35(25)33(24)39)36-42-34(37-40-20-22-9-3-7-13-29(22)41-37)32-26-11-5-8-14-31(26)45-38(32)43-36;1-39(2)28-12-6-4-10-23(28)24-16-17-25-27-19-22(15-18-29(27)42-36(25)34(24)39)37-40-35(32-20-21-9-3-7-13-30(21)43-32)33-26-11-5-8-14-31(26)44-38(33)41-37;1-36(2)30-19-23(32-14-8-15-33(37-32)26-13-7-10-22-9-3-4-11-24(22)26)17-18-25(30)28-21-35-29(20-31(28)36)27-12-5-6-16-34(27)38-35/h3-20H,1-2H3;3-20H,1-2H3;3-21H,1-2H3. The van der Waals surface area contributed by atoms with Crippen LogP contribution in [-0.4, -0.2) is 34.9 Å². The van der Waals surface area contributed by atoms with E-state index in [1.807, 2.05) is 42.6 Å². The van der Waals surface area contributed by atoms with E-state index in [0.717, 1.165) is 152 Å². The minimum atomic E-state index is -0.160. The van der Waals surface area contributed by atoms with Gasteiger partial charge in [-0.3, -0.25) is 0 Å². The highest BCUT2D eigenvalue weighted by Crippen LogP contribution is 2.57.